The molecule has 1 fully saturated rings. The lowest BCUT2D eigenvalue weighted by molar-refractivity contribution is 0.0967. The zero-order valence-corrected chi connectivity index (χ0v) is 10.9. The van der Waals surface area contributed by atoms with E-state index in [4.69, 9.17) is 0 Å². The third kappa shape index (κ3) is 3.45. The maximum Gasteiger partial charge on any atom is 0.257 e. The van der Waals surface area contributed by atoms with Crippen molar-refractivity contribution in [1.82, 2.24) is 14.9 Å². The molecule has 0 spiro atoms. The summed E-state index contributed by atoms with van der Waals surface area (Å²) in [5, 5.41) is 3.50. The van der Waals surface area contributed by atoms with E-state index in [-0.39, 0.29) is 5.91 Å². The zero-order chi connectivity index (χ0) is 12.8. The Morgan fingerprint density at radius 3 is 2.83 bits per heavy atom. The van der Waals surface area contributed by atoms with E-state index in [2.05, 4.69) is 17.2 Å². The highest BCUT2D eigenvalue weighted by molar-refractivity contribution is 5.90. The Bertz CT molecular complexity index is 403. The van der Waals surface area contributed by atoms with Crippen molar-refractivity contribution in [2.75, 3.05) is 0 Å². The first-order valence-corrected chi connectivity index (χ1v) is 6.79. The molecule has 0 unspecified atom stereocenters. The van der Waals surface area contributed by atoms with Gasteiger partial charge in [-0.05, 0) is 19.3 Å². The van der Waals surface area contributed by atoms with Crippen LogP contribution in [-0.2, 0) is 0 Å². The van der Waals surface area contributed by atoms with Gasteiger partial charge in [0.05, 0.1) is 0 Å². The van der Waals surface area contributed by atoms with Crippen LogP contribution in [0, 0.1) is 0 Å². The summed E-state index contributed by atoms with van der Waals surface area (Å²) in [4.78, 5) is 15.8. The lowest BCUT2D eigenvalue weighted by Crippen LogP contribution is -2.30. The molecule has 0 aromatic carbocycles. The number of nitrogens with zero attached hydrogens (tertiary/aromatic N) is 2. The van der Waals surface area contributed by atoms with Gasteiger partial charge in [0.2, 0.25) is 0 Å². The molecular formula is C14H21N3O. The van der Waals surface area contributed by atoms with E-state index in [0.717, 1.165) is 12.1 Å². The molecule has 1 heterocycles. The topological polar surface area (TPSA) is 46.9 Å². The first-order valence-electron chi connectivity index (χ1n) is 6.79. The Kier molecular flexibility index (Phi) is 4.56. The van der Waals surface area contributed by atoms with Gasteiger partial charge in [0.1, 0.15) is 6.33 Å². The highest BCUT2D eigenvalue weighted by Crippen LogP contribution is 2.18. The third-order valence-corrected chi connectivity index (χ3v) is 3.43. The molecule has 0 atom stereocenters. The predicted molar refractivity (Wildman–Crippen MR) is 71.2 cm³/mol. The van der Waals surface area contributed by atoms with E-state index < -0.39 is 0 Å². The van der Waals surface area contributed by atoms with Gasteiger partial charge in [-0.25, -0.2) is 4.98 Å². The molecule has 98 valence electrons. The molecule has 18 heavy (non-hydrogen) atoms. The average molecular weight is 247 g/mol. The molecule has 0 amide bonds. The molecule has 2 rings (SSSR count). The van der Waals surface area contributed by atoms with Crippen LogP contribution >= 0.6 is 0 Å². The number of rotatable bonds is 4. The average Bonchev–Trinajstić information content (AvgIpc) is 2.93. The Morgan fingerprint density at radius 2 is 2.22 bits per heavy atom. The molecule has 0 radical (unpaired) electrons. The van der Waals surface area contributed by atoms with Crippen LogP contribution in [-0.4, -0.2) is 21.5 Å². The van der Waals surface area contributed by atoms with E-state index >= 15 is 0 Å². The van der Waals surface area contributed by atoms with Crippen LogP contribution in [0.2, 0.25) is 0 Å². The summed E-state index contributed by atoms with van der Waals surface area (Å²) in [6, 6.07) is 0.542. The summed E-state index contributed by atoms with van der Waals surface area (Å²) in [7, 11) is 0. The minimum Gasteiger partial charge on any atom is -0.385 e. The molecule has 0 aliphatic heterocycles. The highest BCUT2D eigenvalue weighted by Gasteiger charge is 2.14. The number of hydrogen-bond donors (Lipinski definition) is 1. The second-order valence-electron chi connectivity index (χ2n) is 4.81. The number of carbonyl (C=O) groups is 1. The van der Waals surface area contributed by atoms with Gasteiger partial charge < -0.3 is 5.32 Å². The number of allylic oxidation sites excluding steroid dienone is 2. The summed E-state index contributed by atoms with van der Waals surface area (Å²) in [5.74, 6) is -0.0346. The minimum absolute atomic E-state index is 0.0346. The Balaban J connectivity index is 1.96. The van der Waals surface area contributed by atoms with Crippen molar-refractivity contribution < 1.29 is 4.79 Å². The Hall–Kier alpha value is -1.58. The lowest BCUT2D eigenvalue weighted by atomic mass is 9.95. The summed E-state index contributed by atoms with van der Waals surface area (Å²) in [6.45, 7) is 2.07. The van der Waals surface area contributed by atoms with Gasteiger partial charge >= 0.3 is 0 Å². The molecule has 1 saturated carbocycles. The number of aromatic nitrogens is 2. The van der Waals surface area contributed by atoms with Gasteiger partial charge in [0, 0.05) is 30.2 Å². The van der Waals surface area contributed by atoms with Gasteiger partial charge in [0.25, 0.3) is 5.91 Å². The predicted octanol–water partition coefficient (Wildman–Crippen LogP) is 2.74. The molecule has 1 N–H and O–H groups in total. The standard InChI is InChI=1S/C14H21N3O/c1-2-12(16-13-6-4-3-5-7-13)10-14(18)17-9-8-15-11-17/h8-11,13,16H,2-7H2,1H3/b12-10-. The summed E-state index contributed by atoms with van der Waals surface area (Å²) in [6.07, 6.45) is 13.7. The van der Waals surface area contributed by atoms with E-state index in [1.54, 1.807) is 18.5 Å². The van der Waals surface area contributed by atoms with Crippen molar-refractivity contribution >= 4 is 5.91 Å². The fourth-order valence-electron chi connectivity index (χ4n) is 2.37. The second-order valence-corrected chi connectivity index (χ2v) is 4.81. The summed E-state index contributed by atoms with van der Waals surface area (Å²) in [5.41, 5.74) is 1.03. The van der Waals surface area contributed by atoms with E-state index in [1.807, 2.05) is 0 Å². The number of hydrogen-bond acceptors (Lipinski definition) is 3. The van der Waals surface area contributed by atoms with Gasteiger partial charge in [-0.1, -0.05) is 26.2 Å². The Labute approximate surface area is 108 Å². The van der Waals surface area contributed by atoms with Crippen molar-refractivity contribution in [1.29, 1.82) is 0 Å². The molecule has 1 aliphatic rings. The minimum atomic E-state index is -0.0346. The smallest absolute Gasteiger partial charge is 0.257 e. The normalized spacial score (nSPS) is 17.7. The summed E-state index contributed by atoms with van der Waals surface area (Å²) < 4.78 is 1.50. The lowest BCUT2D eigenvalue weighted by Gasteiger charge is -2.25. The molecule has 4 heteroatoms. The van der Waals surface area contributed by atoms with Gasteiger partial charge in [-0.15, -0.1) is 0 Å². The van der Waals surface area contributed by atoms with Crippen LogP contribution in [0.5, 0.6) is 0 Å². The molecule has 0 saturated heterocycles. The second kappa shape index (κ2) is 6.38. The number of imidazole rings is 1. The van der Waals surface area contributed by atoms with Crippen molar-refractivity contribution in [3.05, 3.63) is 30.5 Å². The molecule has 1 aliphatic carbocycles. The molecule has 1 aromatic rings. The van der Waals surface area contributed by atoms with E-state index in [9.17, 15) is 4.79 Å². The quantitative estimate of drug-likeness (QED) is 0.832. The van der Waals surface area contributed by atoms with Crippen LogP contribution in [0.15, 0.2) is 30.5 Å². The van der Waals surface area contributed by atoms with Crippen molar-refractivity contribution in [3.63, 3.8) is 0 Å². The van der Waals surface area contributed by atoms with Gasteiger partial charge in [-0.2, -0.15) is 0 Å². The SMILES string of the molecule is CC/C(=C/C(=O)n1ccnc1)NC1CCCCC1. The van der Waals surface area contributed by atoms with Crippen LogP contribution in [0.1, 0.15) is 50.2 Å². The molecule has 0 bridgehead atoms. The van der Waals surface area contributed by atoms with Crippen LogP contribution in [0.25, 0.3) is 0 Å². The van der Waals surface area contributed by atoms with E-state index in [0.29, 0.717) is 6.04 Å². The maximum atomic E-state index is 11.9. The first kappa shape index (κ1) is 12.9. The fraction of sp³-hybridized carbons (Fsp3) is 0.571. The zero-order valence-electron chi connectivity index (χ0n) is 10.9. The van der Waals surface area contributed by atoms with Gasteiger partial charge in [-0.3, -0.25) is 9.36 Å². The largest absolute Gasteiger partial charge is 0.385 e. The van der Waals surface area contributed by atoms with Crippen LogP contribution in [0.4, 0.5) is 0 Å². The fourth-order valence-corrected chi connectivity index (χ4v) is 2.37. The molecular weight excluding hydrogens is 226 g/mol. The molecule has 4 nitrogen and oxygen atoms in total. The summed E-state index contributed by atoms with van der Waals surface area (Å²) >= 11 is 0. The van der Waals surface area contributed by atoms with Crippen molar-refractivity contribution in [2.45, 2.75) is 51.5 Å². The van der Waals surface area contributed by atoms with Crippen molar-refractivity contribution in [2.24, 2.45) is 0 Å². The maximum absolute atomic E-state index is 11.9. The first-order chi connectivity index (χ1) is 8.79. The number of nitrogens with one attached hydrogen (secondary N) is 1. The molecule has 1 aromatic heterocycles. The van der Waals surface area contributed by atoms with Gasteiger partial charge in [0.15, 0.2) is 0 Å². The number of carbonyl (C=O) groups excluding carboxylic acids is 1. The van der Waals surface area contributed by atoms with Crippen molar-refractivity contribution in [3.8, 4) is 0 Å². The van der Waals surface area contributed by atoms with E-state index in [1.165, 1.54) is 43.0 Å². The third-order valence-electron chi connectivity index (χ3n) is 3.43. The van der Waals surface area contributed by atoms with Crippen LogP contribution < -0.4 is 5.32 Å². The monoisotopic (exact) mass is 247 g/mol. The Morgan fingerprint density at radius 1 is 1.44 bits per heavy atom. The van der Waals surface area contributed by atoms with Crippen LogP contribution in [0.3, 0.4) is 0 Å². The highest BCUT2D eigenvalue weighted by atomic mass is 16.1.